The highest BCUT2D eigenvalue weighted by molar-refractivity contribution is 4.95. The number of aliphatic hydroxyl groups excluding tert-OH is 6. The van der Waals surface area contributed by atoms with E-state index in [0.29, 0.717) is 13.1 Å². The molecule has 2 heterocycles. The molecule has 9 heteroatoms. The first-order chi connectivity index (χ1) is 11.3. The number of hydrogen-bond donors (Lipinski definition) is 8. The van der Waals surface area contributed by atoms with Crippen LogP contribution in [0.4, 0.5) is 0 Å². The predicted molar refractivity (Wildman–Crippen MR) is 86.3 cm³/mol. The molecule has 0 unspecified atom stereocenters. The summed E-state index contributed by atoms with van der Waals surface area (Å²) < 4.78 is 0. The van der Waals surface area contributed by atoms with Gasteiger partial charge in [0.2, 0.25) is 0 Å². The van der Waals surface area contributed by atoms with Crippen molar-refractivity contribution in [3.8, 4) is 0 Å². The van der Waals surface area contributed by atoms with Gasteiger partial charge in [-0.15, -0.1) is 0 Å². The maximum atomic E-state index is 9.67. The summed E-state index contributed by atoms with van der Waals surface area (Å²) in [6.07, 6.45) is -2.02. The van der Waals surface area contributed by atoms with Crippen LogP contribution < -0.4 is 5.32 Å². The van der Waals surface area contributed by atoms with Crippen LogP contribution in [0.15, 0.2) is 0 Å². The summed E-state index contributed by atoms with van der Waals surface area (Å²) in [7, 11) is 0. The van der Waals surface area contributed by atoms with E-state index < -0.39 is 36.1 Å². The smallest absolute Gasteiger partial charge is 0.127 e. The number of aliphatic hydroxyl groups is 7. The summed E-state index contributed by atoms with van der Waals surface area (Å²) in [5.41, 5.74) is -1.31. The Bertz CT molecular complexity index is 363. The molecule has 6 atom stereocenters. The molecule has 2 saturated heterocycles. The molecule has 8 N–H and O–H groups in total. The molecule has 2 fully saturated rings. The lowest BCUT2D eigenvalue weighted by Crippen LogP contribution is -2.62. The maximum absolute atomic E-state index is 9.67. The van der Waals surface area contributed by atoms with Gasteiger partial charge < -0.3 is 41.1 Å². The first-order valence-electron chi connectivity index (χ1n) is 8.41. The summed E-state index contributed by atoms with van der Waals surface area (Å²) in [4.78, 5) is 1.84. The monoisotopic (exact) mass is 352 g/mol. The van der Waals surface area contributed by atoms with Crippen molar-refractivity contribution in [1.29, 1.82) is 0 Å². The second-order valence-electron chi connectivity index (χ2n) is 6.56. The average molecular weight is 352 g/mol. The van der Waals surface area contributed by atoms with Crippen molar-refractivity contribution in [3.05, 3.63) is 0 Å². The lowest BCUT2D eigenvalue weighted by Gasteiger charge is -2.43. The second kappa shape index (κ2) is 9.95. The normalized spacial score (nSPS) is 40.2. The lowest BCUT2D eigenvalue weighted by molar-refractivity contribution is -0.145. The van der Waals surface area contributed by atoms with E-state index in [2.05, 4.69) is 12.2 Å². The first kappa shape index (κ1) is 21.7. The maximum Gasteiger partial charge on any atom is 0.127 e. The molecule has 0 aliphatic carbocycles. The summed E-state index contributed by atoms with van der Waals surface area (Å²) in [6.45, 7) is 3.13. The van der Waals surface area contributed by atoms with Crippen molar-refractivity contribution in [1.82, 2.24) is 10.2 Å². The highest BCUT2D eigenvalue weighted by atomic mass is 16.4. The Hall–Kier alpha value is -0.360. The number of β-amino-alcohol motifs (C(OH)–C–C–N with tert-alkyl or cyclic N) is 3. The topological polar surface area (TPSA) is 157 Å². The summed E-state index contributed by atoms with van der Waals surface area (Å²) in [5.74, 6) is 0. The number of nitrogens with one attached hydrogen (secondary N) is 1. The van der Waals surface area contributed by atoms with Gasteiger partial charge in [-0.05, 0) is 13.0 Å². The Balaban J connectivity index is 0.000000272. The van der Waals surface area contributed by atoms with Gasteiger partial charge in [-0.1, -0.05) is 13.3 Å². The van der Waals surface area contributed by atoms with Crippen LogP contribution in [-0.2, 0) is 0 Å². The molecule has 24 heavy (non-hydrogen) atoms. The molecule has 0 saturated carbocycles. The van der Waals surface area contributed by atoms with E-state index in [9.17, 15) is 20.4 Å². The van der Waals surface area contributed by atoms with Crippen molar-refractivity contribution in [2.24, 2.45) is 0 Å². The lowest BCUT2D eigenvalue weighted by atomic mass is 9.94. The molecule has 0 aromatic carbocycles. The van der Waals surface area contributed by atoms with E-state index in [-0.39, 0.29) is 19.8 Å². The summed E-state index contributed by atoms with van der Waals surface area (Å²) >= 11 is 0. The molecule has 0 aromatic heterocycles. The minimum atomic E-state index is -1.31. The zero-order valence-corrected chi connectivity index (χ0v) is 14.1. The van der Waals surface area contributed by atoms with E-state index in [1.54, 1.807) is 0 Å². The second-order valence-corrected chi connectivity index (χ2v) is 6.56. The molecule has 0 spiro atoms. The van der Waals surface area contributed by atoms with Crippen LogP contribution in [0.2, 0.25) is 0 Å². The van der Waals surface area contributed by atoms with E-state index in [4.69, 9.17) is 15.3 Å². The van der Waals surface area contributed by atoms with Gasteiger partial charge in [-0.3, -0.25) is 4.90 Å². The van der Waals surface area contributed by atoms with Crippen molar-refractivity contribution >= 4 is 0 Å². The number of piperidine rings is 1. The van der Waals surface area contributed by atoms with Crippen molar-refractivity contribution in [2.45, 2.75) is 55.8 Å². The molecule has 2 aliphatic heterocycles. The van der Waals surface area contributed by atoms with E-state index in [1.807, 2.05) is 4.90 Å². The van der Waals surface area contributed by atoms with Gasteiger partial charge in [-0.2, -0.15) is 0 Å². The number of rotatable bonds is 5. The fourth-order valence-corrected chi connectivity index (χ4v) is 2.89. The van der Waals surface area contributed by atoms with Gasteiger partial charge in [0.05, 0.1) is 31.5 Å². The fraction of sp³-hybridized carbons (Fsp3) is 1.00. The van der Waals surface area contributed by atoms with Crippen LogP contribution in [0.1, 0.15) is 19.8 Å². The SMILES string of the molecule is CCCCN1C[C@H](O)[C@@H](O)[C@H](O)[C@H]1CO.OC[C@]1(O)CNC[C@@H]1O. The largest absolute Gasteiger partial charge is 0.395 e. The molecule has 2 aliphatic rings. The van der Waals surface area contributed by atoms with Gasteiger partial charge in [-0.25, -0.2) is 0 Å². The third kappa shape index (κ3) is 5.32. The minimum absolute atomic E-state index is 0.200. The van der Waals surface area contributed by atoms with Crippen molar-refractivity contribution in [3.63, 3.8) is 0 Å². The standard InChI is InChI=1S/C10H21NO4.C5H11NO3/c1-2-3-4-11-5-8(13)10(15)9(14)7(11)6-12;7-3-5(9)2-6-1-4(5)8/h7-10,12-15H,2-6H2,1H3;4,6-9H,1-3H2/t7-,8+,9-,10-;4-,5+/m10/s1. The zero-order valence-electron chi connectivity index (χ0n) is 14.1. The van der Waals surface area contributed by atoms with E-state index in [0.717, 1.165) is 19.4 Å². The van der Waals surface area contributed by atoms with Gasteiger partial charge in [0.15, 0.2) is 0 Å². The molecular formula is C15H32N2O7. The van der Waals surface area contributed by atoms with Crippen molar-refractivity contribution < 1.29 is 35.7 Å². The Morgan fingerprint density at radius 1 is 1.12 bits per heavy atom. The number of hydrogen-bond acceptors (Lipinski definition) is 9. The first-order valence-corrected chi connectivity index (χ1v) is 8.41. The molecule has 0 amide bonds. The van der Waals surface area contributed by atoms with Crippen LogP contribution in [0.25, 0.3) is 0 Å². The molecule has 144 valence electrons. The van der Waals surface area contributed by atoms with Crippen LogP contribution >= 0.6 is 0 Å². The quantitative estimate of drug-likeness (QED) is 0.249. The van der Waals surface area contributed by atoms with Gasteiger partial charge >= 0.3 is 0 Å². The molecule has 2 rings (SSSR count). The number of nitrogens with zero attached hydrogens (tertiary/aromatic N) is 1. The molecular weight excluding hydrogens is 320 g/mol. The van der Waals surface area contributed by atoms with Crippen LogP contribution in [0.3, 0.4) is 0 Å². The summed E-state index contributed by atoms with van der Waals surface area (Å²) in [5, 5.41) is 67.2. The average Bonchev–Trinajstić information content (AvgIpc) is 2.91. The Morgan fingerprint density at radius 3 is 2.21 bits per heavy atom. The Morgan fingerprint density at radius 2 is 1.79 bits per heavy atom. The fourth-order valence-electron chi connectivity index (χ4n) is 2.89. The molecule has 0 aromatic rings. The zero-order chi connectivity index (χ0) is 18.3. The highest BCUT2D eigenvalue weighted by Gasteiger charge is 2.40. The van der Waals surface area contributed by atoms with Crippen LogP contribution in [-0.4, -0.2) is 116 Å². The van der Waals surface area contributed by atoms with Gasteiger partial charge in [0.25, 0.3) is 0 Å². The van der Waals surface area contributed by atoms with Crippen LogP contribution in [0, 0.1) is 0 Å². The van der Waals surface area contributed by atoms with Gasteiger partial charge in [0.1, 0.15) is 17.8 Å². The van der Waals surface area contributed by atoms with Gasteiger partial charge in [0, 0.05) is 19.6 Å². The third-order valence-corrected chi connectivity index (χ3v) is 4.68. The Labute approximate surface area is 142 Å². The van der Waals surface area contributed by atoms with Crippen LogP contribution in [0.5, 0.6) is 0 Å². The van der Waals surface area contributed by atoms with E-state index in [1.165, 1.54) is 0 Å². The van der Waals surface area contributed by atoms with E-state index >= 15 is 0 Å². The number of unbranched alkanes of at least 4 members (excludes halogenated alkanes) is 1. The predicted octanol–water partition coefficient (Wildman–Crippen LogP) is -3.78. The summed E-state index contributed by atoms with van der Waals surface area (Å²) in [6, 6.07) is -0.463. The number of likely N-dealkylation sites (tertiary alicyclic amines) is 1. The highest BCUT2D eigenvalue weighted by Crippen LogP contribution is 2.19. The van der Waals surface area contributed by atoms with Crippen molar-refractivity contribution in [2.75, 3.05) is 39.4 Å². The molecule has 0 bridgehead atoms. The molecule has 0 radical (unpaired) electrons. The Kier molecular flexibility index (Phi) is 8.99. The minimum Gasteiger partial charge on any atom is -0.395 e. The molecule has 9 nitrogen and oxygen atoms in total. The third-order valence-electron chi connectivity index (χ3n) is 4.68.